The van der Waals surface area contributed by atoms with Gasteiger partial charge in [-0.05, 0) is 42.5 Å². The van der Waals surface area contributed by atoms with Gasteiger partial charge < -0.3 is 10.3 Å². The summed E-state index contributed by atoms with van der Waals surface area (Å²) in [6.45, 7) is 1.48. The van der Waals surface area contributed by atoms with Crippen molar-refractivity contribution in [3.05, 3.63) is 47.5 Å². The lowest BCUT2D eigenvalue weighted by molar-refractivity contribution is -0.114. The maximum absolute atomic E-state index is 11.0. The van der Waals surface area contributed by atoms with Gasteiger partial charge in [-0.3, -0.25) is 4.79 Å². The molecule has 1 heterocycles. The molecule has 1 amide bonds. The van der Waals surface area contributed by atoms with Crippen molar-refractivity contribution in [2.75, 3.05) is 5.32 Å². The topological polar surface area (TPSA) is 57.8 Å². The average Bonchev–Trinajstić information content (AvgIpc) is 2.81. The third-order valence-corrected chi connectivity index (χ3v) is 3.16. The Morgan fingerprint density at radius 3 is 2.65 bits per heavy atom. The van der Waals surface area contributed by atoms with E-state index in [1.54, 1.807) is 0 Å². The van der Waals surface area contributed by atoms with Crippen molar-refractivity contribution in [2.24, 2.45) is 0 Å². The van der Waals surface area contributed by atoms with Crippen molar-refractivity contribution >= 4 is 34.2 Å². The second-order valence-electron chi connectivity index (χ2n) is 4.51. The van der Waals surface area contributed by atoms with Crippen LogP contribution in [0.1, 0.15) is 6.92 Å². The van der Waals surface area contributed by atoms with Crippen LogP contribution in [0.2, 0.25) is 5.02 Å². The lowest BCUT2D eigenvalue weighted by Gasteiger charge is -2.02. The van der Waals surface area contributed by atoms with Crippen LogP contribution in [-0.4, -0.2) is 15.9 Å². The fourth-order valence-electron chi connectivity index (χ4n) is 2.03. The van der Waals surface area contributed by atoms with Crippen molar-refractivity contribution in [3.63, 3.8) is 0 Å². The van der Waals surface area contributed by atoms with E-state index in [0.717, 1.165) is 28.1 Å². The molecule has 2 N–H and O–H groups in total. The third-order valence-electron chi connectivity index (χ3n) is 2.92. The van der Waals surface area contributed by atoms with Crippen molar-refractivity contribution in [1.29, 1.82) is 0 Å². The molecule has 0 aliphatic heterocycles. The van der Waals surface area contributed by atoms with Crippen LogP contribution in [0.25, 0.3) is 22.4 Å². The van der Waals surface area contributed by atoms with Gasteiger partial charge >= 0.3 is 0 Å². The Morgan fingerprint density at radius 2 is 1.95 bits per heavy atom. The Labute approximate surface area is 120 Å². The predicted octanol–water partition coefficient (Wildman–Crippen LogP) is 3.84. The molecule has 0 fully saturated rings. The summed E-state index contributed by atoms with van der Waals surface area (Å²) in [6.07, 6.45) is 0. The van der Waals surface area contributed by atoms with Crippen LogP contribution in [0.4, 0.5) is 5.69 Å². The van der Waals surface area contributed by atoms with Gasteiger partial charge in [-0.25, -0.2) is 4.98 Å². The number of fused-ring (bicyclic) bond motifs is 1. The molecule has 0 unspecified atom stereocenters. The highest BCUT2D eigenvalue weighted by molar-refractivity contribution is 6.31. The van der Waals surface area contributed by atoms with E-state index >= 15 is 0 Å². The number of rotatable bonds is 2. The molecule has 0 spiro atoms. The number of hydrogen-bond donors (Lipinski definition) is 2. The zero-order valence-corrected chi connectivity index (χ0v) is 11.5. The summed E-state index contributed by atoms with van der Waals surface area (Å²) in [6, 6.07) is 13.0. The van der Waals surface area contributed by atoms with E-state index in [9.17, 15) is 4.79 Å². The maximum Gasteiger partial charge on any atom is 0.221 e. The molecule has 0 radical (unpaired) electrons. The van der Waals surface area contributed by atoms with E-state index in [1.807, 2.05) is 42.5 Å². The largest absolute Gasteiger partial charge is 0.338 e. The van der Waals surface area contributed by atoms with Gasteiger partial charge in [0.05, 0.1) is 11.0 Å². The second-order valence-corrected chi connectivity index (χ2v) is 4.94. The van der Waals surface area contributed by atoms with Crippen molar-refractivity contribution < 1.29 is 4.79 Å². The number of amides is 1. The summed E-state index contributed by atoms with van der Waals surface area (Å²) < 4.78 is 0. The van der Waals surface area contributed by atoms with Crippen LogP contribution in [-0.2, 0) is 4.79 Å². The lowest BCUT2D eigenvalue weighted by atomic mass is 10.2. The SMILES string of the molecule is CC(=O)Nc1ccc(-c2nc3ccc(Cl)cc3[nH]2)cc1. The van der Waals surface area contributed by atoms with Crippen LogP contribution in [0.15, 0.2) is 42.5 Å². The highest BCUT2D eigenvalue weighted by Crippen LogP contribution is 2.23. The Balaban J connectivity index is 1.96. The summed E-state index contributed by atoms with van der Waals surface area (Å²) in [5, 5.41) is 3.41. The van der Waals surface area contributed by atoms with Gasteiger partial charge in [0.1, 0.15) is 5.82 Å². The number of benzene rings is 2. The minimum Gasteiger partial charge on any atom is -0.338 e. The standard InChI is InChI=1S/C15H12ClN3O/c1-9(20)17-12-5-2-10(3-6-12)15-18-13-7-4-11(16)8-14(13)19-15/h2-8H,1H3,(H,17,20)(H,18,19). The molecule has 0 aliphatic carbocycles. The van der Waals surface area contributed by atoms with Gasteiger partial charge in [0, 0.05) is 23.2 Å². The number of imidazole rings is 1. The highest BCUT2D eigenvalue weighted by atomic mass is 35.5. The van der Waals surface area contributed by atoms with Crippen LogP contribution >= 0.6 is 11.6 Å². The quantitative estimate of drug-likeness (QED) is 0.751. The molecule has 1 aromatic heterocycles. The fraction of sp³-hybridized carbons (Fsp3) is 0.0667. The fourth-order valence-corrected chi connectivity index (χ4v) is 2.21. The van der Waals surface area contributed by atoms with E-state index in [4.69, 9.17) is 11.6 Å². The highest BCUT2D eigenvalue weighted by Gasteiger charge is 2.06. The smallest absolute Gasteiger partial charge is 0.221 e. The molecule has 4 nitrogen and oxygen atoms in total. The average molecular weight is 286 g/mol. The van der Waals surface area contributed by atoms with Crippen LogP contribution < -0.4 is 5.32 Å². The Hall–Kier alpha value is -2.33. The summed E-state index contributed by atoms with van der Waals surface area (Å²) in [5.74, 6) is 0.688. The first-order chi connectivity index (χ1) is 9.61. The Kier molecular flexibility index (Phi) is 3.16. The molecule has 3 aromatic rings. The van der Waals surface area contributed by atoms with Gasteiger partial charge in [-0.1, -0.05) is 11.6 Å². The number of carbonyl (C=O) groups is 1. The molecule has 0 saturated carbocycles. The van der Waals surface area contributed by atoms with Crippen molar-refractivity contribution in [2.45, 2.75) is 6.92 Å². The number of aromatic amines is 1. The number of anilines is 1. The number of carbonyl (C=O) groups excluding carboxylic acids is 1. The van der Waals surface area contributed by atoms with Crippen molar-refractivity contribution in [3.8, 4) is 11.4 Å². The van der Waals surface area contributed by atoms with E-state index in [0.29, 0.717) is 5.02 Å². The van der Waals surface area contributed by atoms with E-state index in [1.165, 1.54) is 6.92 Å². The molecule has 0 aliphatic rings. The maximum atomic E-state index is 11.0. The normalized spacial score (nSPS) is 10.7. The first-order valence-electron chi connectivity index (χ1n) is 6.15. The van der Waals surface area contributed by atoms with Gasteiger partial charge in [0.2, 0.25) is 5.91 Å². The number of H-pyrrole nitrogens is 1. The van der Waals surface area contributed by atoms with Crippen LogP contribution in [0.3, 0.4) is 0 Å². The molecule has 0 saturated heterocycles. The van der Waals surface area contributed by atoms with E-state index in [-0.39, 0.29) is 5.91 Å². The van der Waals surface area contributed by atoms with Crippen molar-refractivity contribution in [1.82, 2.24) is 9.97 Å². The Bertz CT molecular complexity index is 777. The monoisotopic (exact) mass is 285 g/mol. The Morgan fingerprint density at radius 1 is 1.20 bits per heavy atom. The summed E-state index contributed by atoms with van der Waals surface area (Å²) in [7, 11) is 0. The third kappa shape index (κ3) is 2.51. The zero-order chi connectivity index (χ0) is 14.1. The number of hydrogen-bond acceptors (Lipinski definition) is 2. The first kappa shape index (κ1) is 12.7. The number of nitrogens with zero attached hydrogens (tertiary/aromatic N) is 1. The van der Waals surface area contributed by atoms with Crippen LogP contribution in [0.5, 0.6) is 0 Å². The first-order valence-corrected chi connectivity index (χ1v) is 6.53. The van der Waals surface area contributed by atoms with Gasteiger partial charge in [-0.2, -0.15) is 0 Å². The molecular formula is C15H12ClN3O. The number of nitrogens with one attached hydrogen (secondary N) is 2. The number of halogens is 1. The van der Waals surface area contributed by atoms with Crippen LogP contribution in [0, 0.1) is 0 Å². The molecular weight excluding hydrogens is 274 g/mol. The van der Waals surface area contributed by atoms with E-state index < -0.39 is 0 Å². The minimum atomic E-state index is -0.0869. The molecule has 0 atom stereocenters. The minimum absolute atomic E-state index is 0.0869. The predicted molar refractivity (Wildman–Crippen MR) is 80.8 cm³/mol. The molecule has 20 heavy (non-hydrogen) atoms. The number of aromatic nitrogens is 2. The second kappa shape index (κ2) is 4.98. The van der Waals surface area contributed by atoms with Gasteiger partial charge in [0.25, 0.3) is 0 Å². The molecule has 2 aromatic carbocycles. The molecule has 100 valence electrons. The summed E-state index contributed by atoms with van der Waals surface area (Å²) >= 11 is 5.96. The summed E-state index contributed by atoms with van der Waals surface area (Å²) in [4.78, 5) is 18.7. The molecule has 0 bridgehead atoms. The van der Waals surface area contributed by atoms with E-state index in [2.05, 4.69) is 15.3 Å². The molecule has 5 heteroatoms. The van der Waals surface area contributed by atoms with Gasteiger partial charge in [0.15, 0.2) is 0 Å². The lowest BCUT2D eigenvalue weighted by Crippen LogP contribution is -2.05. The van der Waals surface area contributed by atoms with Gasteiger partial charge in [-0.15, -0.1) is 0 Å². The molecule has 3 rings (SSSR count). The zero-order valence-electron chi connectivity index (χ0n) is 10.8. The summed E-state index contributed by atoms with van der Waals surface area (Å²) in [5.41, 5.74) is 3.49.